The first kappa shape index (κ1) is 32.7. The second-order valence-electron chi connectivity index (χ2n) is 8.35. The molecule has 0 saturated heterocycles. The average molecular weight is 569 g/mol. The molecular formula is C28H26Na2O6S2. The van der Waals surface area contributed by atoms with Gasteiger partial charge in [-0.05, 0) is 28.8 Å². The van der Waals surface area contributed by atoms with Crippen LogP contribution < -0.4 is 0 Å². The minimum absolute atomic E-state index is 0. The molecule has 0 bridgehead atoms. The maximum absolute atomic E-state index is 11.8. The van der Waals surface area contributed by atoms with Gasteiger partial charge in [0.1, 0.15) is 9.79 Å². The van der Waals surface area contributed by atoms with E-state index in [9.17, 15) is 25.9 Å². The van der Waals surface area contributed by atoms with Crippen LogP contribution in [0.25, 0.3) is 12.2 Å². The molecule has 0 spiro atoms. The van der Waals surface area contributed by atoms with E-state index in [1.165, 1.54) is 24.3 Å². The van der Waals surface area contributed by atoms with Gasteiger partial charge in [0.05, 0.1) is 0 Å². The van der Waals surface area contributed by atoms with Crippen molar-refractivity contribution in [3.8, 4) is 0 Å². The predicted octanol–water partition coefficient (Wildman–Crippen LogP) is 4.51. The molecule has 6 nitrogen and oxygen atoms in total. The first-order valence-electron chi connectivity index (χ1n) is 11.0. The summed E-state index contributed by atoms with van der Waals surface area (Å²) in [6.07, 6.45) is 14.6. The molecule has 4 rings (SSSR count). The van der Waals surface area contributed by atoms with Crippen LogP contribution >= 0.6 is 0 Å². The van der Waals surface area contributed by atoms with E-state index in [0.29, 0.717) is 11.1 Å². The second-order valence-corrected chi connectivity index (χ2v) is 11.1. The van der Waals surface area contributed by atoms with E-state index in [-0.39, 0.29) is 74.8 Å². The van der Waals surface area contributed by atoms with Gasteiger partial charge in [-0.25, -0.2) is 0 Å². The third-order valence-corrected chi connectivity index (χ3v) is 7.72. The van der Waals surface area contributed by atoms with Crippen LogP contribution in [0, 0.1) is 5.41 Å². The van der Waals surface area contributed by atoms with Crippen molar-refractivity contribution in [2.24, 2.45) is 5.41 Å². The summed E-state index contributed by atoms with van der Waals surface area (Å²) in [7, 11) is -8.86. The van der Waals surface area contributed by atoms with Gasteiger partial charge in [0, 0.05) is 11.3 Å². The summed E-state index contributed by atoms with van der Waals surface area (Å²) in [4.78, 5) is -0.439. The molecule has 0 fully saturated rings. The van der Waals surface area contributed by atoms with Crippen molar-refractivity contribution < 1.29 is 25.9 Å². The van der Waals surface area contributed by atoms with E-state index in [4.69, 9.17) is 0 Å². The molecule has 0 saturated carbocycles. The fourth-order valence-corrected chi connectivity index (χ4v) is 5.38. The number of hydrogen-bond acceptors (Lipinski definition) is 4. The summed E-state index contributed by atoms with van der Waals surface area (Å²) < 4.78 is 66.5. The van der Waals surface area contributed by atoms with Crippen molar-refractivity contribution in [2.45, 2.75) is 15.7 Å². The third-order valence-electron chi connectivity index (χ3n) is 5.87. The Morgan fingerprint density at radius 3 is 1.42 bits per heavy atom. The molecule has 0 unspecified atom stereocenters. The van der Waals surface area contributed by atoms with Gasteiger partial charge in [0.25, 0.3) is 20.2 Å². The molecule has 3 aromatic rings. The average Bonchev–Trinajstić information content (AvgIpc) is 2.87. The zero-order valence-electron chi connectivity index (χ0n) is 19.0. The fourth-order valence-electron chi connectivity index (χ4n) is 4.01. The van der Waals surface area contributed by atoms with Gasteiger partial charge in [-0.1, -0.05) is 115 Å². The van der Waals surface area contributed by atoms with Crippen LogP contribution in [0.1, 0.15) is 22.6 Å². The molecule has 3 aromatic carbocycles. The maximum atomic E-state index is 11.8. The Kier molecular flexibility index (Phi) is 11.8. The summed E-state index contributed by atoms with van der Waals surface area (Å²) in [6.45, 7) is 0. The van der Waals surface area contributed by atoms with Crippen LogP contribution in [0.2, 0.25) is 0 Å². The molecule has 0 radical (unpaired) electrons. The zero-order valence-corrected chi connectivity index (χ0v) is 20.7. The summed E-state index contributed by atoms with van der Waals surface area (Å²) in [6, 6.07) is 22.0. The summed E-state index contributed by atoms with van der Waals surface area (Å²) >= 11 is 0. The van der Waals surface area contributed by atoms with Crippen LogP contribution in [0.15, 0.2) is 125 Å². The monoisotopic (exact) mass is 568 g/mol. The van der Waals surface area contributed by atoms with E-state index in [2.05, 4.69) is 0 Å². The quantitative estimate of drug-likeness (QED) is 0.247. The van der Waals surface area contributed by atoms with Gasteiger partial charge >= 0.3 is 59.1 Å². The molecule has 38 heavy (non-hydrogen) atoms. The molecule has 1 aliphatic carbocycles. The molecule has 0 aliphatic heterocycles. The predicted molar refractivity (Wildman–Crippen MR) is 155 cm³/mol. The van der Waals surface area contributed by atoms with Crippen molar-refractivity contribution in [2.75, 3.05) is 0 Å². The summed E-state index contributed by atoms with van der Waals surface area (Å²) in [5.41, 5.74) is 0.861. The van der Waals surface area contributed by atoms with Gasteiger partial charge in [-0.15, -0.1) is 0 Å². The molecule has 10 heteroatoms. The van der Waals surface area contributed by atoms with Crippen LogP contribution in [-0.2, 0) is 20.2 Å². The topological polar surface area (TPSA) is 109 Å². The second kappa shape index (κ2) is 13.7. The molecular weight excluding hydrogens is 542 g/mol. The molecule has 0 aromatic heterocycles. The Morgan fingerprint density at radius 2 is 1.00 bits per heavy atom. The number of allylic oxidation sites excluding steroid dienone is 6. The number of rotatable bonds is 7. The van der Waals surface area contributed by atoms with Crippen LogP contribution in [0.3, 0.4) is 0 Å². The Balaban J connectivity index is 0.00000253. The standard InChI is InChI=1S/C28H24O6S2.2Na.2H/c29-35(30,31)26-12-6-4-10-24(26)16-20-28(18-14-23(15-19-28)22-8-2-1-3-9-22)21-17-25-11-5-7-13-27(25)36(32,33)34;;;;/h1-21,23H,(H,29,30,31)(H,32,33,34);;;;/b20-16+,21-17+;;;;. The molecule has 2 N–H and O–H groups in total. The van der Waals surface area contributed by atoms with Crippen molar-refractivity contribution in [3.05, 3.63) is 132 Å². The van der Waals surface area contributed by atoms with Crippen molar-refractivity contribution in [3.63, 3.8) is 0 Å². The minimum atomic E-state index is -4.43. The summed E-state index contributed by atoms with van der Waals surface area (Å²) in [5, 5.41) is 0. The zero-order chi connectivity index (χ0) is 25.8. The fraction of sp³-hybridized carbons (Fsp3) is 0.0714. The normalized spacial score (nSPS) is 15.3. The number of benzene rings is 3. The van der Waals surface area contributed by atoms with Crippen molar-refractivity contribution in [1.29, 1.82) is 0 Å². The summed E-state index contributed by atoms with van der Waals surface area (Å²) in [5.74, 6) is 0.0244. The van der Waals surface area contributed by atoms with E-state index in [0.717, 1.165) is 5.56 Å². The number of hydrogen-bond donors (Lipinski definition) is 2. The molecule has 188 valence electrons. The van der Waals surface area contributed by atoms with E-state index >= 15 is 0 Å². The van der Waals surface area contributed by atoms with Gasteiger partial charge in [0.2, 0.25) is 0 Å². The Bertz CT molecular complexity index is 1490. The first-order chi connectivity index (χ1) is 17.1. The molecule has 1 aliphatic rings. The van der Waals surface area contributed by atoms with Gasteiger partial charge < -0.3 is 0 Å². The molecule has 0 heterocycles. The Morgan fingerprint density at radius 1 is 0.605 bits per heavy atom. The van der Waals surface area contributed by atoms with E-state index in [1.807, 2.05) is 54.6 Å². The van der Waals surface area contributed by atoms with Gasteiger partial charge in [-0.2, -0.15) is 16.8 Å². The van der Waals surface area contributed by atoms with Gasteiger partial charge in [-0.3, -0.25) is 9.11 Å². The van der Waals surface area contributed by atoms with Crippen LogP contribution in [-0.4, -0.2) is 85.1 Å². The van der Waals surface area contributed by atoms with Gasteiger partial charge in [0.15, 0.2) is 0 Å². The van der Waals surface area contributed by atoms with Crippen molar-refractivity contribution >= 4 is 91.5 Å². The van der Waals surface area contributed by atoms with Crippen LogP contribution in [0.5, 0.6) is 0 Å². The Hall–Kier alpha value is -1.56. The molecule has 0 amide bonds. The first-order valence-corrected chi connectivity index (χ1v) is 13.9. The third kappa shape index (κ3) is 8.22. The Labute approximate surface area is 268 Å². The SMILES string of the molecule is O=S(=O)(O)c1ccccc1/C=C/C1(/C=C/c2ccccc2S(=O)(=O)O)C=CC(c2ccccc2)C=C1.[NaH].[NaH]. The van der Waals surface area contributed by atoms with Crippen molar-refractivity contribution in [1.82, 2.24) is 0 Å². The van der Waals surface area contributed by atoms with E-state index in [1.54, 1.807) is 48.6 Å². The molecule has 0 atom stereocenters. The van der Waals surface area contributed by atoms with E-state index < -0.39 is 25.7 Å². The van der Waals surface area contributed by atoms with Crippen LogP contribution in [0.4, 0.5) is 0 Å².